The minimum absolute atomic E-state index is 0.0831. The van der Waals surface area contributed by atoms with Gasteiger partial charge in [-0.1, -0.05) is 11.6 Å². The van der Waals surface area contributed by atoms with Gasteiger partial charge >= 0.3 is 0 Å². The van der Waals surface area contributed by atoms with E-state index in [2.05, 4.69) is 0 Å². The van der Waals surface area contributed by atoms with Crippen LogP contribution in [-0.2, 0) is 6.61 Å². The van der Waals surface area contributed by atoms with Gasteiger partial charge in [-0.15, -0.1) is 5.23 Å². The average Bonchev–Trinajstić information content (AvgIpc) is 2.99. The zero-order valence-corrected chi connectivity index (χ0v) is 13.9. The molecule has 0 radical (unpaired) electrons. The first-order chi connectivity index (χ1) is 12.0. The van der Waals surface area contributed by atoms with Gasteiger partial charge in [-0.05, 0) is 36.4 Å². The van der Waals surface area contributed by atoms with Crippen molar-refractivity contribution in [2.45, 2.75) is 6.61 Å². The zero-order valence-electron chi connectivity index (χ0n) is 13.2. The summed E-state index contributed by atoms with van der Waals surface area (Å²) in [4.78, 5) is 12.9. The van der Waals surface area contributed by atoms with Crippen LogP contribution in [0.4, 0.5) is 5.69 Å². The monoisotopic (exact) mass is 362 g/mol. The van der Waals surface area contributed by atoms with Gasteiger partial charge in [0, 0.05) is 22.7 Å². The van der Waals surface area contributed by atoms with Gasteiger partial charge in [0.2, 0.25) is 0 Å². The third-order valence-corrected chi connectivity index (χ3v) is 4.21. The molecule has 8 heteroatoms. The second kappa shape index (κ2) is 6.73. The fourth-order valence-electron chi connectivity index (χ4n) is 2.64. The summed E-state index contributed by atoms with van der Waals surface area (Å²) in [5.74, 6) is 0.201. The summed E-state index contributed by atoms with van der Waals surface area (Å²) < 4.78 is 6.56. The molecule has 0 aliphatic carbocycles. The summed E-state index contributed by atoms with van der Waals surface area (Å²) in [5, 5.41) is 28.6. The Bertz CT molecular complexity index is 952. The Labute approximate surface area is 147 Å². The molecule has 3 rings (SSSR count). The first kappa shape index (κ1) is 17.2. The van der Waals surface area contributed by atoms with Crippen molar-refractivity contribution in [2.24, 2.45) is 0 Å². The van der Waals surface area contributed by atoms with Crippen molar-refractivity contribution in [3.8, 4) is 5.75 Å². The molecule has 0 amide bonds. The van der Waals surface area contributed by atoms with E-state index in [1.165, 1.54) is 36.1 Å². The van der Waals surface area contributed by atoms with E-state index in [0.29, 0.717) is 22.2 Å². The molecule has 2 aromatic carbocycles. The molecule has 0 atom stereocenters. The molecule has 0 aliphatic heterocycles. The first-order valence-electron chi connectivity index (χ1n) is 7.27. The number of ether oxygens (including phenoxy) is 1. The Kier molecular flexibility index (Phi) is 4.65. The number of hydrogen-bond acceptors (Lipinski definition) is 6. The highest BCUT2D eigenvalue weighted by Gasteiger charge is 2.18. The van der Waals surface area contributed by atoms with E-state index in [-0.39, 0.29) is 28.1 Å². The average molecular weight is 363 g/mol. The second-order valence-corrected chi connectivity index (χ2v) is 5.73. The number of nitrogens with zero attached hydrogens (tertiary/aromatic N) is 2. The molecule has 25 heavy (non-hydrogen) atoms. The Morgan fingerprint density at radius 3 is 2.64 bits per heavy atom. The third-order valence-electron chi connectivity index (χ3n) is 3.89. The number of carbonyl (C=O) groups is 1. The lowest BCUT2D eigenvalue weighted by atomic mass is 10.1. The summed E-state index contributed by atoms with van der Waals surface area (Å²) in [6.07, 6.45) is 1.54. The lowest BCUT2D eigenvalue weighted by Gasteiger charge is -2.12. The number of anilines is 1. The predicted octanol–water partition coefficient (Wildman–Crippen LogP) is 3.07. The number of benzene rings is 2. The smallest absolute Gasteiger partial charge is 0.262 e. The van der Waals surface area contributed by atoms with E-state index in [1.54, 1.807) is 18.2 Å². The van der Waals surface area contributed by atoms with Crippen molar-refractivity contribution in [2.75, 3.05) is 12.3 Å². The molecule has 0 aliphatic rings. The van der Waals surface area contributed by atoms with Crippen LogP contribution in [0, 0.1) is 0 Å². The normalized spacial score (nSPS) is 10.9. The summed E-state index contributed by atoms with van der Waals surface area (Å²) in [6.45, 7) is -0.239. The molecule has 130 valence electrons. The van der Waals surface area contributed by atoms with Crippen LogP contribution in [0.5, 0.6) is 5.75 Å². The number of methoxy groups -OCH3 is 1. The molecular formula is C17H15ClN2O5. The van der Waals surface area contributed by atoms with Crippen molar-refractivity contribution < 1.29 is 25.1 Å². The molecule has 0 unspecified atom stereocenters. The molecule has 0 saturated carbocycles. The summed E-state index contributed by atoms with van der Waals surface area (Å²) in [5.41, 5.74) is 1.25. The van der Waals surface area contributed by atoms with Gasteiger partial charge in [0.05, 0.1) is 24.3 Å². The molecule has 1 heterocycles. The van der Waals surface area contributed by atoms with Crippen LogP contribution >= 0.6 is 11.6 Å². The standard InChI is InChI=1S/C17H15ClN2O5/c1-25-12-3-5-15-13(7-12)11(9-21)8-19(15)17(22)10-2-4-14(18)16(6-10)20(23)24/h2-8,21,23-24H,9H2,1H3. The maximum absolute atomic E-state index is 12.9. The SMILES string of the molecule is COc1ccc2c(c1)c(CO)cn2C(=O)c1ccc(Cl)c(N(O)O)c1. The number of halogens is 1. The third kappa shape index (κ3) is 3.06. The van der Waals surface area contributed by atoms with E-state index in [4.69, 9.17) is 16.3 Å². The molecule has 3 aromatic rings. The van der Waals surface area contributed by atoms with Crippen LogP contribution in [0.1, 0.15) is 15.9 Å². The molecule has 0 fully saturated rings. The Morgan fingerprint density at radius 2 is 2.00 bits per heavy atom. The Hall–Kier alpha value is -2.58. The van der Waals surface area contributed by atoms with Crippen molar-refractivity contribution in [1.29, 1.82) is 0 Å². The minimum Gasteiger partial charge on any atom is -0.497 e. The highest BCUT2D eigenvalue weighted by atomic mass is 35.5. The van der Waals surface area contributed by atoms with Gasteiger partial charge < -0.3 is 9.84 Å². The van der Waals surface area contributed by atoms with Crippen LogP contribution in [0.3, 0.4) is 0 Å². The van der Waals surface area contributed by atoms with Crippen molar-refractivity contribution in [3.63, 3.8) is 0 Å². The van der Waals surface area contributed by atoms with Crippen molar-refractivity contribution >= 4 is 34.1 Å². The number of aromatic nitrogens is 1. The molecule has 0 bridgehead atoms. The van der Waals surface area contributed by atoms with Gasteiger partial charge in [-0.25, -0.2) is 0 Å². The number of rotatable bonds is 4. The number of carbonyl (C=O) groups excluding carboxylic acids is 1. The Balaban J connectivity index is 2.13. The van der Waals surface area contributed by atoms with E-state index in [1.807, 2.05) is 0 Å². The first-order valence-corrected chi connectivity index (χ1v) is 7.65. The van der Waals surface area contributed by atoms with E-state index >= 15 is 0 Å². The highest BCUT2D eigenvalue weighted by molar-refractivity contribution is 6.33. The van der Waals surface area contributed by atoms with E-state index < -0.39 is 5.91 Å². The van der Waals surface area contributed by atoms with Gasteiger partial charge in [0.15, 0.2) is 0 Å². The van der Waals surface area contributed by atoms with Crippen molar-refractivity contribution in [1.82, 2.24) is 4.57 Å². The molecule has 0 saturated heterocycles. The highest BCUT2D eigenvalue weighted by Crippen LogP contribution is 2.29. The topological polar surface area (TPSA) is 95.2 Å². The van der Waals surface area contributed by atoms with Crippen LogP contribution < -0.4 is 9.96 Å². The van der Waals surface area contributed by atoms with Gasteiger partial charge in [0.1, 0.15) is 11.4 Å². The van der Waals surface area contributed by atoms with Crippen LogP contribution in [-0.4, -0.2) is 33.1 Å². The number of aliphatic hydroxyl groups excluding tert-OH is 1. The van der Waals surface area contributed by atoms with Gasteiger partial charge in [0.25, 0.3) is 5.91 Å². The van der Waals surface area contributed by atoms with Crippen LogP contribution in [0.2, 0.25) is 5.02 Å². The maximum atomic E-state index is 12.9. The fourth-order valence-corrected chi connectivity index (χ4v) is 2.83. The van der Waals surface area contributed by atoms with Crippen LogP contribution in [0.25, 0.3) is 10.9 Å². The maximum Gasteiger partial charge on any atom is 0.262 e. The van der Waals surface area contributed by atoms with Crippen LogP contribution in [0.15, 0.2) is 42.6 Å². The van der Waals surface area contributed by atoms with E-state index in [9.17, 15) is 20.3 Å². The fraction of sp³-hybridized carbons (Fsp3) is 0.118. The summed E-state index contributed by atoms with van der Waals surface area (Å²) >= 11 is 5.87. The second-order valence-electron chi connectivity index (χ2n) is 5.33. The molecule has 7 nitrogen and oxygen atoms in total. The van der Waals surface area contributed by atoms with E-state index in [0.717, 1.165) is 0 Å². The zero-order chi connectivity index (χ0) is 18.1. The van der Waals surface area contributed by atoms with Gasteiger partial charge in [-0.3, -0.25) is 19.8 Å². The number of hydrogen-bond donors (Lipinski definition) is 3. The molecule has 1 aromatic heterocycles. The quantitative estimate of drug-likeness (QED) is 0.617. The molecular weight excluding hydrogens is 348 g/mol. The minimum atomic E-state index is -0.408. The lowest BCUT2D eigenvalue weighted by molar-refractivity contribution is 0.0292. The summed E-state index contributed by atoms with van der Waals surface area (Å²) in [7, 11) is 1.53. The number of fused-ring (bicyclic) bond motifs is 1. The Morgan fingerprint density at radius 1 is 1.24 bits per heavy atom. The summed E-state index contributed by atoms with van der Waals surface area (Å²) in [6, 6.07) is 9.30. The number of aliphatic hydroxyl groups is 1. The van der Waals surface area contributed by atoms with Gasteiger partial charge in [-0.2, -0.15) is 0 Å². The largest absolute Gasteiger partial charge is 0.497 e. The molecule has 0 spiro atoms. The predicted molar refractivity (Wildman–Crippen MR) is 91.6 cm³/mol. The lowest BCUT2D eigenvalue weighted by Crippen LogP contribution is -2.15. The molecule has 3 N–H and O–H groups in total. The van der Waals surface area contributed by atoms with Crippen molar-refractivity contribution in [3.05, 3.63) is 58.7 Å².